The number of carbonyl (C=O) groups excluding carboxylic acids is 2. The zero-order valence-electron chi connectivity index (χ0n) is 15.9. The van der Waals surface area contributed by atoms with Gasteiger partial charge in [-0.1, -0.05) is 6.07 Å². The highest BCUT2D eigenvalue weighted by atomic mass is 19.1. The minimum atomic E-state index is -0.598. The van der Waals surface area contributed by atoms with Gasteiger partial charge in [0.05, 0.1) is 5.69 Å². The first-order chi connectivity index (χ1) is 14.3. The van der Waals surface area contributed by atoms with Crippen LogP contribution in [-0.4, -0.2) is 21.4 Å². The number of rotatable bonds is 4. The van der Waals surface area contributed by atoms with Crippen molar-refractivity contribution in [2.45, 2.75) is 6.92 Å². The second-order valence-electron chi connectivity index (χ2n) is 6.82. The van der Waals surface area contributed by atoms with Crippen molar-refractivity contribution in [3.8, 4) is 5.69 Å². The van der Waals surface area contributed by atoms with Crippen LogP contribution in [0.25, 0.3) is 16.7 Å². The fraction of sp³-hybridized carbons (Fsp3) is 0.0455. The number of pyridine rings is 1. The third kappa shape index (κ3) is 3.46. The molecule has 0 bridgehead atoms. The van der Waals surface area contributed by atoms with E-state index in [1.54, 1.807) is 31.2 Å². The molecule has 150 valence electrons. The first kappa shape index (κ1) is 19.1. The second-order valence-corrected chi connectivity index (χ2v) is 6.82. The van der Waals surface area contributed by atoms with E-state index in [9.17, 15) is 18.8 Å². The lowest BCUT2D eigenvalue weighted by molar-refractivity contribution is 0.0995. The number of hydrogen-bond donors (Lipinski definition) is 3. The number of fused-ring (bicyclic) bond motifs is 1. The van der Waals surface area contributed by atoms with Gasteiger partial charge in [-0.2, -0.15) is 0 Å². The Morgan fingerprint density at radius 1 is 1.03 bits per heavy atom. The molecular formula is C22H17FN4O3. The normalized spacial score (nSPS) is 10.9. The molecule has 4 aromatic rings. The Balaban J connectivity index is 1.74. The van der Waals surface area contributed by atoms with Crippen LogP contribution in [0, 0.1) is 12.7 Å². The van der Waals surface area contributed by atoms with Crippen molar-refractivity contribution >= 4 is 28.5 Å². The number of primary amides is 1. The highest BCUT2D eigenvalue weighted by molar-refractivity contribution is 6.06. The standard InChI is InChI=1S/C22H17FN4O3/c1-12-2-3-13(20(24)29)10-17(12)26-22(30)18-11-14-4-9-19(28)27(21(14)25-18)16-7-5-15(23)6-8-16/h2-11,25H,1H3,(H2,24,29)(H,26,30). The average molecular weight is 404 g/mol. The van der Waals surface area contributed by atoms with E-state index in [-0.39, 0.29) is 16.8 Å². The van der Waals surface area contributed by atoms with Gasteiger partial charge in [-0.25, -0.2) is 4.39 Å². The summed E-state index contributed by atoms with van der Waals surface area (Å²) in [6, 6.07) is 14.8. The van der Waals surface area contributed by atoms with Crippen molar-refractivity contribution in [3.63, 3.8) is 0 Å². The van der Waals surface area contributed by atoms with Gasteiger partial charge in [0, 0.05) is 22.7 Å². The number of benzene rings is 2. The van der Waals surface area contributed by atoms with E-state index in [2.05, 4.69) is 10.3 Å². The number of halogens is 1. The third-order valence-corrected chi connectivity index (χ3v) is 4.78. The molecule has 0 aliphatic rings. The zero-order chi connectivity index (χ0) is 21.4. The van der Waals surface area contributed by atoms with E-state index in [1.807, 2.05) is 0 Å². The Labute approximate surface area is 170 Å². The molecule has 4 rings (SSSR count). The minimum Gasteiger partial charge on any atom is -0.366 e. The molecule has 0 saturated heterocycles. The number of amides is 2. The van der Waals surface area contributed by atoms with Crippen molar-refractivity contribution in [1.82, 2.24) is 9.55 Å². The summed E-state index contributed by atoms with van der Waals surface area (Å²) in [5, 5.41) is 3.38. The summed E-state index contributed by atoms with van der Waals surface area (Å²) >= 11 is 0. The van der Waals surface area contributed by atoms with E-state index in [1.165, 1.54) is 41.0 Å². The Morgan fingerprint density at radius 3 is 2.47 bits per heavy atom. The maximum absolute atomic E-state index is 13.3. The number of H-pyrrole nitrogens is 1. The van der Waals surface area contributed by atoms with E-state index in [0.717, 1.165) is 5.56 Å². The lowest BCUT2D eigenvalue weighted by atomic mass is 10.1. The van der Waals surface area contributed by atoms with E-state index < -0.39 is 17.6 Å². The van der Waals surface area contributed by atoms with E-state index in [4.69, 9.17) is 5.73 Å². The molecule has 0 unspecified atom stereocenters. The number of anilines is 1. The van der Waals surface area contributed by atoms with Gasteiger partial charge in [0.1, 0.15) is 17.2 Å². The predicted octanol–water partition coefficient (Wildman–Crippen LogP) is 3.12. The van der Waals surface area contributed by atoms with Gasteiger partial charge in [-0.15, -0.1) is 0 Å². The summed E-state index contributed by atoms with van der Waals surface area (Å²) in [7, 11) is 0. The monoisotopic (exact) mass is 404 g/mol. The van der Waals surface area contributed by atoms with Crippen LogP contribution < -0.4 is 16.6 Å². The van der Waals surface area contributed by atoms with Crippen molar-refractivity contribution in [1.29, 1.82) is 0 Å². The van der Waals surface area contributed by atoms with Crippen LogP contribution in [0.1, 0.15) is 26.4 Å². The van der Waals surface area contributed by atoms with Crippen LogP contribution in [0.15, 0.2) is 65.5 Å². The molecule has 0 aliphatic carbocycles. The molecule has 8 heteroatoms. The molecule has 2 aromatic heterocycles. The number of nitrogens with zero attached hydrogens (tertiary/aromatic N) is 1. The summed E-state index contributed by atoms with van der Waals surface area (Å²) in [4.78, 5) is 39.6. The molecular weight excluding hydrogens is 387 g/mol. The summed E-state index contributed by atoms with van der Waals surface area (Å²) in [5.74, 6) is -1.47. The smallest absolute Gasteiger partial charge is 0.272 e. The van der Waals surface area contributed by atoms with Crippen molar-refractivity contribution in [3.05, 3.63) is 93.7 Å². The van der Waals surface area contributed by atoms with Crippen LogP contribution >= 0.6 is 0 Å². The fourth-order valence-electron chi connectivity index (χ4n) is 3.19. The van der Waals surface area contributed by atoms with Gasteiger partial charge in [-0.3, -0.25) is 19.0 Å². The van der Waals surface area contributed by atoms with Gasteiger partial charge >= 0.3 is 0 Å². The van der Waals surface area contributed by atoms with Gasteiger partial charge in [-0.05, 0) is 61.0 Å². The number of aryl methyl sites for hydroxylation is 1. The molecule has 2 aromatic carbocycles. The quantitative estimate of drug-likeness (QED) is 0.486. The molecule has 0 aliphatic heterocycles. The SMILES string of the molecule is Cc1ccc(C(N)=O)cc1NC(=O)c1cc2ccc(=O)n(-c3ccc(F)cc3)c2[nH]1. The molecule has 2 heterocycles. The summed E-state index contributed by atoms with van der Waals surface area (Å²) in [5.41, 5.74) is 7.55. The predicted molar refractivity (Wildman–Crippen MR) is 112 cm³/mol. The number of carbonyl (C=O) groups is 2. The lowest BCUT2D eigenvalue weighted by Crippen LogP contribution is -2.18. The topological polar surface area (TPSA) is 110 Å². The Morgan fingerprint density at radius 2 is 1.77 bits per heavy atom. The van der Waals surface area contributed by atoms with Gasteiger partial charge in [0.25, 0.3) is 11.5 Å². The molecule has 2 amide bonds. The Kier molecular flexibility index (Phi) is 4.67. The molecule has 4 N–H and O–H groups in total. The maximum atomic E-state index is 13.3. The van der Waals surface area contributed by atoms with E-state index in [0.29, 0.717) is 22.4 Å². The first-order valence-corrected chi connectivity index (χ1v) is 9.06. The molecule has 7 nitrogen and oxygen atoms in total. The third-order valence-electron chi connectivity index (χ3n) is 4.78. The van der Waals surface area contributed by atoms with Gasteiger partial charge in [0.2, 0.25) is 5.91 Å². The largest absolute Gasteiger partial charge is 0.366 e. The molecule has 30 heavy (non-hydrogen) atoms. The van der Waals surface area contributed by atoms with Crippen molar-refractivity contribution in [2.24, 2.45) is 5.73 Å². The Bertz CT molecular complexity index is 1350. The molecule has 0 spiro atoms. The summed E-state index contributed by atoms with van der Waals surface area (Å²) in [6.45, 7) is 1.79. The molecule has 0 saturated carbocycles. The lowest BCUT2D eigenvalue weighted by Gasteiger charge is -2.09. The highest BCUT2D eigenvalue weighted by Crippen LogP contribution is 2.21. The molecule has 0 atom stereocenters. The van der Waals surface area contributed by atoms with Gasteiger partial charge < -0.3 is 16.0 Å². The second kappa shape index (κ2) is 7.32. The zero-order valence-corrected chi connectivity index (χ0v) is 15.9. The Hall–Kier alpha value is -4.20. The van der Waals surface area contributed by atoms with Crippen LogP contribution in [0.5, 0.6) is 0 Å². The van der Waals surface area contributed by atoms with Crippen LogP contribution in [0.3, 0.4) is 0 Å². The van der Waals surface area contributed by atoms with Gasteiger partial charge in [0.15, 0.2) is 0 Å². The average Bonchev–Trinajstić information content (AvgIpc) is 3.15. The highest BCUT2D eigenvalue weighted by Gasteiger charge is 2.15. The maximum Gasteiger partial charge on any atom is 0.272 e. The van der Waals surface area contributed by atoms with Crippen LogP contribution in [0.2, 0.25) is 0 Å². The molecule has 0 radical (unpaired) electrons. The van der Waals surface area contributed by atoms with E-state index >= 15 is 0 Å². The first-order valence-electron chi connectivity index (χ1n) is 9.06. The van der Waals surface area contributed by atoms with Crippen LogP contribution in [0.4, 0.5) is 10.1 Å². The minimum absolute atomic E-state index is 0.218. The number of nitrogens with one attached hydrogen (secondary N) is 2. The number of aromatic amines is 1. The summed E-state index contributed by atoms with van der Waals surface area (Å²) in [6.07, 6.45) is 0. The van der Waals surface area contributed by atoms with Crippen LogP contribution in [-0.2, 0) is 0 Å². The number of hydrogen-bond acceptors (Lipinski definition) is 3. The number of aromatic nitrogens is 2. The number of nitrogens with two attached hydrogens (primary N) is 1. The molecule has 0 fully saturated rings. The van der Waals surface area contributed by atoms with Crippen molar-refractivity contribution in [2.75, 3.05) is 5.32 Å². The summed E-state index contributed by atoms with van der Waals surface area (Å²) < 4.78 is 14.6. The fourth-order valence-corrected chi connectivity index (χ4v) is 3.19. The van der Waals surface area contributed by atoms with Crippen molar-refractivity contribution < 1.29 is 14.0 Å².